The molecule has 0 radical (unpaired) electrons. The molecule has 0 fully saturated rings. The Morgan fingerprint density at radius 3 is 1.47 bits per heavy atom. The van der Waals surface area contributed by atoms with Gasteiger partial charge in [-0.1, -0.05) is 158 Å². The van der Waals surface area contributed by atoms with E-state index in [1.165, 1.54) is 6.07 Å². The number of ether oxygens (including phenoxy) is 1. The summed E-state index contributed by atoms with van der Waals surface area (Å²) in [6.45, 7) is 0. The molecule has 5 heteroatoms. The van der Waals surface area contributed by atoms with Gasteiger partial charge in [-0.05, 0) is 41.0 Å². The fraction of sp³-hybridized carbons (Fsp3) is 0.0217. The predicted molar refractivity (Wildman–Crippen MR) is 200 cm³/mol. The Bertz CT molecular complexity index is 2410. The van der Waals surface area contributed by atoms with E-state index in [-0.39, 0.29) is 0 Å². The fourth-order valence-electron chi connectivity index (χ4n) is 7.02. The zero-order valence-electron chi connectivity index (χ0n) is 27.4. The largest absolute Gasteiger partial charge is 0.472 e. The van der Waals surface area contributed by atoms with Gasteiger partial charge in [-0.3, -0.25) is 0 Å². The maximum absolute atomic E-state index is 15.6. The normalized spacial score (nSPS) is 12.7. The lowest BCUT2D eigenvalue weighted by atomic mass is 9.75. The smallest absolute Gasteiger partial charge is 0.185 e. The third-order valence-corrected chi connectivity index (χ3v) is 9.39. The SMILES string of the molecule is Fc1cc(-c2ccc3c(c2)OC(c2ccccc2)(c2ccccc2)c2ccccc2-3)cc(-c2nc(-c3ccccc3)nc(-c3ccccc3)n2)c1. The molecule has 51 heavy (non-hydrogen) atoms. The van der Waals surface area contributed by atoms with Crippen LogP contribution in [-0.2, 0) is 5.60 Å². The van der Waals surface area contributed by atoms with Crippen LogP contribution in [0.25, 0.3) is 56.4 Å². The molecule has 8 aromatic rings. The number of hydrogen-bond donors (Lipinski definition) is 0. The van der Waals surface area contributed by atoms with E-state index in [1.54, 1.807) is 6.07 Å². The van der Waals surface area contributed by atoms with Gasteiger partial charge in [0.1, 0.15) is 11.6 Å². The summed E-state index contributed by atoms with van der Waals surface area (Å²) in [5.74, 6) is 1.74. The number of aromatic nitrogens is 3. The minimum Gasteiger partial charge on any atom is -0.472 e. The van der Waals surface area contributed by atoms with Gasteiger partial charge in [0, 0.05) is 38.9 Å². The molecular formula is C46H30FN3O. The predicted octanol–water partition coefficient (Wildman–Crippen LogP) is 11.0. The molecule has 9 rings (SSSR count). The lowest BCUT2D eigenvalue weighted by Crippen LogP contribution is -2.38. The number of hydrogen-bond acceptors (Lipinski definition) is 4. The molecule has 0 atom stereocenters. The fourth-order valence-corrected chi connectivity index (χ4v) is 7.02. The average molecular weight is 660 g/mol. The maximum Gasteiger partial charge on any atom is 0.185 e. The number of benzene rings is 7. The first-order valence-electron chi connectivity index (χ1n) is 16.9. The first-order valence-corrected chi connectivity index (χ1v) is 16.9. The van der Waals surface area contributed by atoms with Gasteiger partial charge in [0.05, 0.1) is 0 Å². The summed E-state index contributed by atoms with van der Waals surface area (Å²) in [5.41, 5.74) is 8.01. The molecule has 7 aromatic carbocycles. The van der Waals surface area contributed by atoms with E-state index in [0.717, 1.165) is 44.5 Å². The topological polar surface area (TPSA) is 47.9 Å². The first kappa shape index (κ1) is 30.3. The summed E-state index contributed by atoms with van der Waals surface area (Å²) < 4.78 is 22.9. The van der Waals surface area contributed by atoms with Crippen molar-refractivity contribution in [3.05, 3.63) is 204 Å². The molecule has 0 N–H and O–H groups in total. The number of rotatable bonds is 6. The summed E-state index contributed by atoms with van der Waals surface area (Å²) in [5, 5.41) is 0. The highest BCUT2D eigenvalue weighted by Crippen LogP contribution is 2.52. The van der Waals surface area contributed by atoms with Crippen LogP contribution in [0.3, 0.4) is 0 Å². The Hall–Kier alpha value is -6.72. The van der Waals surface area contributed by atoms with E-state index in [0.29, 0.717) is 34.3 Å². The van der Waals surface area contributed by atoms with Crippen molar-refractivity contribution in [1.29, 1.82) is 0 Å². The van der Waals surface area contributed by atoms with Crippen LogP contribution in [0.15, 0.2) is 182 Å². The molecule has 0 unspecified atom stereocenters. The lowest BCUT2D eigenvalue weighted by Gasteiger charge is -2.41. The van der Waals surface area contributed by atoms with E-state index < -0.39 is 11.4 Å². The highest BCUT2D eigenvalue weighted by Gasteiger charge is 2.44. The van der Waals surface area contributed by atoms with E-state index in [1.807, 2.05) is 115 Å². The molecule has 0 aliphatic carbocycles. The van der Waals surface area contributed by atoms with E-state index in [4.69, 9.17) is 19.7 Å². The third kappa shape index (κ3) is 5.45. The van der Waals surface area contributed by atoms with Crippen LogP contribution in [0, 0.1) is 5.82 Å². The molecule has 1 aliphatic rings. The van der Waals surface area contributed by atoms with Gasteiger partial charge in [-0.2, -0.15) is 0 Å². The van der Waals surface area contributed by atoms with Gasteiger partial charge in [0.15, 0.2) is 23.1 Å². The Morgan fingerprint density at radius 1 is 0.392 bits per heavy atom. The second-order valence-electron chi connectivity index (χ2n) is 12.5. The Kier molecular flexibility index (Phi) is 7.51. The number of halogens is 1. The Morgan fingerprint density at radius 2 is 0.882 bits per heavy atom. The summed E-state index contributed by atoms with van der Waals surface area (Å²) in [6, 6.07) is 59.6. The van der Waals surface area contributed by atoms with Crippen LogP contribution >= 0.6 is 0 Å². The molecule has 0 saturated carbocycles. The molecule has 0 saturated heterocycles. The standard InChI is InChI=1S/C46H30FN3O/c47-38-28-34(27-35(29-38)45-49-43(31-15-5-1-6-16-31)48-44(50-45)32-17-7-2-8-18-32)33-25-26-40-39-23-13-14-24-41(39)46(51-42(40)30-33,36-19-9-3-10-20-36)37-21-11-4-12-22-37/h1-30H. The van der Waals surface area contributed by atoms with Gasteiger partial charge >= 0.3 is 0 Å². The monoisotopic (exact) mass is 659 g/mol. The van der Waals surface area contributed by atoms with Gasteiger partial charge in [0.25, 0.3) is 0 Å². The van der Waals surface area contributed by atoms with Gasteiger partial charge in [0.2, 0.25) is 0 Å². The molecule has 1 aromatic heterocycles. The van der Waals surface area contributed by atoms with Crippen molar-refractivity contribution < 1.29 is 9.13 Å². The molecule has 4 nitrogen and oxygen atoms in total. The zero-order chi connectivity index (χ0) is 34.2. The second kappa shape index (κ2) is 12.6. The molecule has 0 bridgehead atoms. The van der Waals surface area contributed by atoms with Crippen LogP contribution in [0.5, 0.6) is 5.75 Å². The molecular weight excluding hydrogens is 630 g/mol. The van der Waals surface area contributed by atoms with E-state index in [2.05, 4.69) is 54.6 Å². The summed E-state index contributed by atoms with van der Waals surface area (Å²) in [6.07, 6.45) is 0. The minimum atomic E-state index is -0.898. The van der Waals surface area contributed by atoms with Crippen LogP contribution in [0.1, 0.15) is 16.7 Å². The van der Waals surface area contributed by atoms with Crippen molar-refractivity contribution in [2.75, 3.05) is 0 Å². The highest BCUT2D eigenvalue weighted by molar-refractivity contribution is 5.83. The zero-order valence-corrected chi connectivity index (χ0v) is 27.4. The lowest BCUT2D eigenvalue weighted by molar-refractivity contribution is 0.152. The van der Waals surface area contributed by atoms with Crippen molar-refractivity contribution in [3.8, 4) is 62.2 Å². The van der Waals surface area contributed by atoms with Crippen LogP contribution in [0.2, 0.25) is 0 Å². The Labute approximate surface area is 295 Å². The first-order chi connectivity index (χ1) is 25.2. The second-order valence-corrected chi connectivity index (χ2v) is 12.5. The highest BCUT2D eigenvalue weighted by atomic mass is 19.1. The summed E-state index contributed by atoms with van der Waals surface area (Å²) in [4.78, 5) is 14.5. The molecule has 0 spiro atoms. The summed E-state index contributed by atoms with van der Waals surface area (Å²) >= 11 is 0. The van der Waals surface area contributed by atoms with Crippen molar-refractivity contribution >= 4 is 0 Å². The van der Waals surface area contributed by atoms with Crippen molar-refractivity contribution in [1.82, 2.24) is 15.0 Å². The van der Waals surface area contributed by atoms with Crippen molar-refractivity contribution in [2.24, 2.45) is 0 Å². The van der Waals surface area contributed by atoms with Crippen LogP contribution in [0.4, 0.5) is 4.39 Å². The maximum atomic E-state index is 15.6. The van der Waals surface area contributed by atoms with Gasteiger partial charge < -0.3 is 4.74 Å². The van der Waals surface area contributed by atoms with Gasteiger partial charge in [-0.25, -0.2) is 19.3 Å². The van der Waals surface area contributed by atoms with E-state index >= 15 is 4.39 Å². The van der Waals surface area contributed by atoms with Crippen molar-refractivity contribution in [2.45, 2.75) is 5.60 Å². The number of nitrogens with zero attached hydrogens (tertiary/aromatic N) is 3. The Balaban J connectivity index is 1.19. The molecule has 1 aliphatic heterocycles. The average Bonchev–Trinajstić information content (AvgIpc) is 3.21. The van der Waals surface area contributed by atoms with Crippen molar-refractivity contribution in [3.63, 3.8) is 0 Å². The minimum absolute atomic E-state index is 0.388. The molecule has 242 valence electrons. The number of fused-ring (bicyclic) bond motifs is 3. The summed E-state index contributed by atoms with van der Waals surface area (Å²) in [7, 11) is 0. The third-order valence-electron chi connectivity index (χ3n) is 9.39. The van der Waals surface area contributed by atoms with Gasteiger partial charge in [-0.15, -0.1) is 0 Å². The van der Waals surface area contributed by atoms with Crippen LogP contribution in [-0.4, -0.2) is 15.0 Å². The quantitative estimate of drug-likeness (QED) is 0.178. The van der Waals surface area contributed by atoms with E-state index in [9.17, 15) is 0 Å². The molecule has 2 heterocycles. The molecule has 0 amide bonds. The van der Waals surface area contributed by atoms with Crippen LogP contribution < -0.4 is 4.74 Å².